The third-order valence-corrected chi connectivity index (χ3v) is 4.59. The molecule has 90 valence electrons. The van der Waals surface area contributed by atoms with Crippen LogP contribution in [0.4, 0.5) is 0 Å². The van der Waals surface area contributed by atoms with Gasteiger partial charge in [0.05, 0.1) is 6.04 Å². The van der Waals surface area contributed by atoms with Gasteiger partial charge in [0.2, 0.25) is 0 Å². The molecule has 1 unspecified atom stereocenters. The zero-order valence-corrected chi connectivity index (χ0v) is 11.8. The van der Waals surface area contributed by atoms with Crippen LogP contribution in [0.15, 0.2) is 29.6 Å². The Labute approximate surface area is 111 Å². The molecule has 0 saturated heterocycles. The number of hydrogen-bond acceptors (Lipinski definition) is 2. The molecule has 0 aliphatic carbocycles. The summed E-state index contributed by atoms with van der Waals surface area (Å²) in [4.78, 5) is 1.33. The van der Waals surface area contributed by atoms with Crippen LogP contribution in [0.5, 0.6) is 0 Å². The molecule has 1 N–H and O–H groups in total. The van der Waals surface area contributed by atoms with Gasteiger partial charge in [0.15, 0.2) is 0 Å². The van der Waals surface area contributed by atoms with E-state index in [1.54, 1.807) is 11.3 Å². The Morgan fingerprint density at radius 3 is 2.53 bits per heavy atom. The van der Waals surface area contributed by atoms with Crippen LogP contribution >= 0.6 is 22.9 Å². The van der Waals surface area contributed by atoms with Crippen LogP contribution in [0.2, 0.25) is 5.02 Å². The predicted octanol–water partition coefficient (Wildman–Crippen LogP) is 4.33. The molecule has 1 atom stereocenters. The van der Waals surface area contributed by atoms with Crippen molar-refractivity contribution < 1.29 is 0 Å². The van der Waals surface area contributed by atoms with Gasteiger partial charge in [0, 0.05) is 9.90 Å². The highest BCUT2D eigenvalue weighted by Gasteiger charge is 2.18. The molecule has 1 nitrogen and oxygen atoms in total. The molecule has 17 heavy (non-hydrogen) atoms. The van der Waals surface area contributed by atoms with Crippen LogP contribution < -0.4 is 5.32 Å². The number of halogens is 1. The standard InChI is InChI=1S/C14H16ClNS/c1-9-5-4-6-11(12(9)15)13(16-3)14-10(2)7-8-17-14/h4-8,13,16H,1-3H3. The maximum Gasteiger partial charge on any atom is 0.0685 e. The molecule has 1 aromatic carbocycles. The number of nitrogens with one attached hydrogen (secondary N) is 1. The van der Waals surface area contributed by atoms with Crippen molar-refractivity contribution in [1.82, 2.24) is 5.32 Å². The van der Waals surface area contributed by atoms with Crippen molar-refractivity contribution in [2.24, 2.45) is 0 Å². The molecule has 0 aliphatic heterocycles. The first-order valence-corrected chi connectivity index (χ1v) is 6.87. The first-order chi connectivity index (χ1) is 8.15. The van der Waals surface area contributed by atoms with Gasteiger partial charge in [-0.15, -0.1) is 11.3 Å². The maximum atomic E-state index is 6.40. The van der Waals surface area contributed by atoms with Gasteiger partial charge in [-0.3, -0.25) is 0 Å². The van der Waals surface area contributed by atoms with E-state index in [9.17, 15) is 0 Å². The molecule has 0 saturated carbocycles. The second-order valence-electron chi connectivity index (χ2n) is 4.17. The Kier molecular flexibility index (Phi) is 3.87. The third-order valence-electron chi connectivity index (χ3n) is 2.99. The SMILES string of the molecule is CNC(c1cccc(C)c1Cl)c1sccc1C. The highest BCUT2D eigenvalue weighted by atomic mass is 35.5. The molecule has 3 heteroatoms. The van der Waals surface area contributed by atoms with E-state index in [0.29, 0.717) is 0 Å². The van der Waals surface area contributed by atoms with Crippen molar-refractivity contribution in [3.05, 3.63) is 56.2 Å². The monoisotopic (exact) mass is 265 g/mol. The number of rotatable bonds is 3. The first-order valence-electron chi connectivity index (χ1n) is 5.61. The highest BCUT2D eigenvalue weighted by molar-refractivity contribution is 7.10. The van der Waals surface area contributed by atoms with Crippen LogP contribution in [0, 0.1) is 13.8 Å². The lowest BCUT2D eigenvalue weighted by atomic mass is 10.0. The molecule has 2 rings (SSSR count). The molecule has 0 bridgehead atoms. The van der Waals surface area contributed by atoms with Gasteiger partial charge < -0.3 is 5.32 Å². The van der Waals surface area contributed by atoms with Crippen molar-refractivity contribution in [3.8, 4) is 0 Å². The topological polar surface area (TPSA) is 12.0 Å². The lowest BCUT2D eigenvalue weighted by molar-refractivity contribution is 0.700. The van der Waals surface area contributed by atoms with Crippen molar-refractivity contribution >= 4 is 22.9 Å². The Morgan fingerprint density at radius 1 is 1.18 bits per heavy atom. The molecule has 0 spiro atoms. The van der Waals surface area contributed by atoms with E-state index < -0.39 is 0 Å². The second-order valence-corrected chi connectivity index (χ2v) is 5.49. The zero-order chi connectivity index (χ0) is 12.4. The lowest BCUT2D eigenvalue weighted by Crippen LogP contribution is -2.17. The van der Waals surface area contributed by atoms with E-state index in [0.717, 1.165) is 16.1 Å². The summed E-state index contributed by atoms with van der Waals surface area (Å²) in [7, 11) is 1.97. The second kappa shape index (κ2) is 5.21. The summed E-state index contributed by atoms with van der Waals surface area (Å²) in [6, 6.07) is 8.52. The molecule has 0 amide bonds. The fraction of sp³-hybridized carbons (Fsp3) is 0.286. The number of benzene rings is 1. The summed E-state index contributed by atoms with van der Waals surface area (Å²) in [5.41, 5.74) is 3.59. The Hall–Kier alpha value is -0.830. The minimum Gasteiger partial charge on any atom is -0.309 e. The van der Waals surface area contributed by atoms with Gasteiger partial charge in [0.1, 0.15) is 0 Å². The van der Waals surface area contributed by atoms with Crippen molar-refractivity contribution in [1.29, 1.82) is 0 Å². The number of thiophene rings is 1. The summed E-state index contributed by atoms with van der Waals surface area (Å²) >= 11 is 8.17. The van der Waals surface area contributed by atoms with Crippen LogP contribution in [-0.2, 0) is 0 Å². The van der Waals surface area contributed by atoms with Gasteiger partial charge in [-0.05, 0) is 49.0 Å². The summed E-state index contributed by atoms with van der Waals surface area (Å²) in [5, 5.41) is 6.34. The van der Waals surface area contributed by atoms with Crippen LogP contribution in [0.3, 0.4) is 0 Å². The zero-order valence-electron chi connectivity index (χ0n) is 10.3. The van der Waals surface area contributed by atoms with E-state index in [1.807, 2.05) is 20.0 Å². The van der Waals surface area contributed by atoms with E-state index in [1.165, 1.54) is 10.4 Å². The molecular formula is C14H16ClNS. The van der Waals surface area contributed by atoms with Crippen LogP contribution in [-0.4, -0.2) is 7.05 Å². The Morgan fingerprint density at radius 2 is 1.94 bits per heavy atom. The number of hydrogen-bond donors (Lipinski definition) is 1. The number of aryl methyl sites for hydroxylation is 2. The summed E-state index contributed by atoms with van der Waals surface area (Å²) in [5.74, 6) is 0. The van der Waals surface area contributed by atoms with Gasteiger partial charge in [0.25, 0.3) is 0 Å². The highest BCUT2D eigenvalue weighted by Crippen LogP contribution is 2.34. The molecular weight excluding hydrogens is 250 g/mol. The van der Waals surface area contributed by atoms with E-state index >= 15 is 0 Å². The lowest BCUT2D eigenvalue weighted by Gasteiger charge is -2.18. The maximum absolute atomic E-state index is 6.40. The van der Waals surface area contributed by atoms with E-state index in [4.69, 9.17) is 11.6 Å². The molecule has 0 aliphatic rings. The summed E-state index contributed by atoms with van der Waals surface area (Å²) < 4.78 is 0. The van der Waals surface area contributed by atoms with Gasteiger partial charge in [-0.25, -0.2) is 0 Å². The molecule has 0 radical (unpaired) electrons. The van der Waals surface area contributed by atoms with Crippen LogP contribution in [0.1, 0.15) is 27.6 Å². The Balaban J connectivity index is 2.50. The molecule has 1 aromatic heterocycles. The van der Waals surface area contributed by atoms with E-state index in [-0.39, 0.29) is 6.04 Å². The summed E-state index contributed by atoms with van der Waals surface area (Å²) in [6.45, 7) is 4.18. The quantitative estimate of drug-likeness (QED) is 0.871. The smallest absolute Gasteiger partial charge is 0.0685 e. The summed E-state index contributed by atoms with van der Waals surface area (Å²) in [6.07, 6.45) is 0. The van der Waals surface area contributed by atoms with Gasteiger partial charge >= 0.3 is 0 Å². The van der Waals surface area contributed by atoms with E-state index in [2.05, 4.69) is 35.8 Å². The molecule has 0 fully saturated rings. The largest absolute Gasteiger partial charge is 0.309 e. The normalized spacial score (nSPS) is 12.7. The minimum absolute atomic E-state index is 0.183. The van der Waals surface area contributed by atoms with Crippen molar-refractivity contribution in [3.63, 3.8) is 0 Å². The van der Waals surface area contributed by atoms with Crippen molar-refractivity contribution in [2.45, 2.75) is 19.9 Å². The predicted molar refractivity (Wildman–Crippen MR) is 76.1 cm³/mol. The van der Waals surface area contributed by atoms with Gasteiger partial charge in [-0.2, -0.15) is 0 Å². The van der Waals surface area contributed by atoms with Gasteiger partial charge in [-0.1, -0.05) is 29.8 Å². The Bertz CT molecular complexity index is 519. The fourth-order valence-corrected chi connectivity index (χ4v) is 3.29. The average Bonchev–Trinajstić information content (AvgIpc) is 2.72. The third kappa shape index (κ3) is 2.39. The first kappa shape index (κ1) is 12.6. The minimum atomic E-state index is 0.183. The molecule has 2 aromatic rings. The fourth-order valence-electron chi connectivity index (χ4n) is 2.00. The van der Waals surface area contributed by atoms with Crippen molar-refractivity contribution in [2.75, 3.05) is 7.05 Å². The average molecular weight is 266 g/mol. The van der Waals surface area contributed by atoms with Crippen LogP contribution in [0.25, 0.3) is 0 Å². The molecule has 1 heterocycles.